The molecule has 1 aliphatic rings. The Kier molecular flexibility index (Phi) is 7.85. The van der Waals surface area contributed by atoms with Crippen LogP contribution in [0.4, 0.5) is 0 Å². The fourth-order valence-electron chi connectivity index (χ4n) is 3.13. The van der Waals surface area contributed by atoms with Crippen molar-refractivity contribution < 1.29 is 14.3 Å². The van der Waals surface area contributed by atoms with Crippen molar-refractivity contribution in [2.45, 2.75) is 45.6 Å². The molecular weight excluding hydrogens is 340 g/mol. The Bertz CT molecular complexity index is 580. The number of ether oxygens (including phenoxy) is 2. The first kappa shape index (κ1) is 19.9. The summed E-state index contributed by atoms with van der Waals surface area (Å²) < 4.78 is 11.5. The summed E-state index contributed by atoms with van der Waals surface area (Å²) in [6.45, 7) is 6.66. The number of halogens is 1. The molecule has 1 fully saturated rings. The molecule has 1 N–H and O–H groups in total. The van der Waals surface area contributed by atoms with Crippen molar-refractivity contribution in [3.8, 4) is 11.5 Å². The van der Waals surface area contributed by atoms with Crippen molar-refractivity contribution in [1.82, 2.24) is 10.2 Å². The van der Waals surface area contributed by atoms with Gasteiger partial charge < -0.3 is 19.7 Å². The average Bonchev–Trinajstić information content (AvgIpc) is 3.05. The van der Waals surface area contributed by atoms with Crippen molar-refractivity contribution in [1.29, 1.82) is 0 Å². The van der Waals surface area contributed by atoms with Crippen LogP contribution in [0, 0.1) is 0 Å². The quantitative estimate of drug-likeness (QED) is 0.674. The van der Waals surface area contributed by atoms with Gasteiger partial charge in [0.15, 0.2) is 11.5 Å². The highest BCUT2D eigenvalue weighted by atomic mass is 35.5. The van der Waals surface area contributed by atoms with Crippen LogP contribution < -0.4 is 14.8 Å². The van der Waals surface area contributed by atoms with Crippen molar-refractivity contribution >= 4 is 17.5 Å². The summed E-state index contributed by atoms with van der Waals surface area (Å²) in [7, 11) is 1.91. The van der Waals surface area contributed by atoms with E-state index >= 15 is 0 Å². The number of carbonyl (C=O) groups is 1. The number of unbranched alkanes of at least 4 members (excludes halogenated alkanes) is 1. The summed E-state index contributed by atoms with van der Waals surface area (Å²) in [5.41, 5.74) is 0.555. The Morgan fingerprint density at radius 3 is 2.84 bits per heavy atom. The highest BCUT2D eigenvalue weighted by molar-refractivity contribution is 6.32. The van der Waals surface area contributed by atoms with E-state index in [2.05, 4.69) is 12.2 Å². The maximum Gasteiger partial charge on any atom is 0.254 e. The Morgan fingerprint density at radius 1 is 1.36 bits per heavy atom. The topological polar surface area (TPSA) is 50.8 Å². The zero-order chi connectivity index (χ0) is 18.2. The van der Waals surface area contributed by atoms with Crippen LogP contribution in [-0.2, 0) is 0 Å². The first-order valence-corrected chi connectivity index (χ1v) is 9.54. The zero-order valence-corrected chi connectivity index (χ0v) is 16.2. The van der Waals surface area contributed by atoms with E-state index in [1.807, 2.05) is 18.9 Å². The molecule has 1 atom stereocenters. The molecule has 1 heterocycles. The van der Waals surface area contributed by atoms with Gasteiger partial charge in [0.05, 0.1) is 18.2 Å². The number of amides is 1. The lowest BCUT2D eigenvalue weighted by Gasteiger charge is -2.25. The highest BCUT2D eigenvalue weighted by Gasteiger charge is 2.30. The van der Waals surface area contributed by atoms with Crippen LogP contribution in [0.5, 0.6) is 11.5 Å². The Morgan fingerprint density at radius 2 is 2.16 bits per heavy atom. The Labute approximate surface area is 155 Å². The predicted molar refractivity (Wildman–Crippen MR) is 101 cm³/mol. The van der Waals surface area contributed by atoms with Gasteiger partial charge in [0.25, 0.3) is 5.91 Å². The lowest BCUT2D eigenvalue weighted by Crippen LogP contribution is -2.40. The lowest BCUT2D eigenvalue weighted by atomic mass is 10.1. The van der Waals surface area contributed by atoms with Gasteiger partial charge in [0.2, 0.25) is 0 Å². The molecule has 25 heavy (non-hydrogen) atoms. The van der Waals surface area contributed by atoms with E-state index < -0.39 is 0 Å². The molecule has 1 amide bonds. The van der Waals surface area contributed by atoms with Gasteiger partial charge in [-0.15, -0.1) is 0 Å². The lowest BCUT2D eigenvalue weighted by molar-refractivity contribution is 0.0736. The fourth-order valence-corrected chi connectivity index (χ4v) is 3.40. The van der Waals surface area contributed by atoms with Crippen LogP contribution in [0.25, 0.3) is 0 Å². The maximum absolute atomic E-state index is 13.0. The molecule has 1 unspecified atom stereocenters. The standard InChI is InChI=1S/C19H29ClN2O3/c1-4-6-10-25-18-16(20)11-14(12-17(18)24-5-2)19(23)22-9-7-8-15(22)13-21-3/h11-12,15,21H,4-10,13H2,1-3H3. The minimum Gasteiger partial charge on any atom is -0.490 e. The molecule has 0 radical (unpaired) electrons. The van der Waals surface area contributed by atoms with Crippen LogP contribution in [0.3, 0.4) is 0 Å². The number of benzene rings is 1. The first-order chi connectivity index (χ1) is 12.1. The molecule has 0 aliphatic carbocycles. The van der Waals surface area contributed by atoms with Crippen LogP contribution in [0.2, 0.25) is 5.02 Å². The van der Waals surface area contributed by atoms with Crippen LogP contribution >= 0.6 is 11.6 Å². The number of nitrogens with one attached hydrogen (secondary N) is 1. The SMILES string of the molecule is CCCCOc1c(Cl)cc(C(=O)N2CCCC2CNC)cc1OCC. The van der Waals surface area contributed by atoms with Gasteiger partial charge in [0, 0.05) is 24.7 Å². The van der Waals surface area contributed by atoms with Gasteiger partial charge in [-0.25, -0.2) is 0 Å². The smallest absolute Gasteiger partial charge is 0.254 e. The number of likely N-dealkylation sites (tertiary alicyclic amines) is 1. The van der Waals surface area contributed by atoms with E-state index in [0.717, 1.165) is 38.8 Å². The monoisotopic (exact) mass is 368 g/mol. The Hall–Kier alpha value is -1.46. The summed E-state index contributed by atoms with van der Waals surface area (Å²) in [5.74, 6) is 1.07. The minimum absolute atomic E-state index is 0.000659. The number of nitrogens with zero attached hydrogens (tertiary/aromatic N) is 1. The van der Waals surface area contributed by atoms with E-state index in [0.29, 0.717) is 35.3 Å². The van der Waals surface area contributed by atoms with Gasteiger partial charge >= 0.3 is 0 Å². The minimum atomic E-state index is 0.000659. The van der Waals surface area contributed by atoms with Gasteiger partial charge in [-0.1, -0.05) is 24.9 Å². The molecule has 1 saturated heterocycles. The van der Waals surface area contributed by atoms with Crippen LogP contribution in [-0.4, -0.2) is 50.2 Å². The van der Waals surface area contributed by atoms with E-state index in [-0.39, 0.29) is 11.9 Å². The third-order valence-electron chi connectivity index (χ3n) is 4.38. The largest absolute Gasteiger partial charge is 0.490 e. The van der Waals surface area contributed by atoms with E-state index in [9.17, 15) is 4.79 Å². The molecule has 0 aromatic heterocycles. The molecule has 2 rings (SSSR count). The van der Waals surface area contributed by atoms with Crippen molar-refractivity contribution in [2.75, 3.05) is 33.4 Å². The second-order valence-corrected chi connectivity index (χ2v) is 6.68. The molecule has 1 aliphatic heterocycles. The number of hydrogen-bond donors (Lipinski definition) is 1. The fraction of sp³-hybridized carbons (Fsp3) is 0.632. The van der Waals surface area contributed by atoms with Crippen molar-refractivity contribution in [3.63, 3.8) is 0 Å². The van der Waals surface area contributed by atoms with Crippen LogP contribution in [0.15, 0.2) is 12.1 Å². The Balaban J connectivity index is 2.24. The molecule has 140 valence electrons. The number of rotatable bonds is 9. The van der Waals surface area contributed by atoms with Gasteiger partial charge in [-0.05, 0) is 45.4 Å². The van der Waals surface area contributed by atoms with Crippen LogP contribution in [0.1, 0.15) is 49.9 Å². The molecule has 6 heteroatoms. The molecule has 0 bridgehead atoms. The highest BCUT2D eigenvalue weighted by Crippen LogP contribution is 2.37. The molecule has 1 aromatic rings. The number of carbonyl (C=O) groups excluding carboxylic acids is 1. The molecule has 0 spiro atoms. The summed E-state index contributed by atoms with van der Waals surface area (Å²) in [5, 5.41) is 3.59. The molecule has 1 aromatic carbocycles. The van der Waals surface area contributed by atoms with Gasteiger partial charge in [-0.3, -0.25) is 4.79 Å². The average molecular weight is 369 g/mol. The normalized spacial score (nSPS) is 17.0. The second-order valence-electron chi connectivity index (χ2n) is 6.27. The number of likely N-dealkylation sites (N-methyl/N-ethyl adjacent to an activating group) is 1. The van der Waals surface area contributed by atoms with E-state index in [1.165, 1.54) is 0 Å². The van der Waals surface area contributed by atoms with E-state index in [1.54, 1.807) is 12.1 Å². The summed E-state index contributed by atoms with van der Waals surface area (Å²) in [6.07, 6.45) is 4.04. The third-order valence-corrected chi connectivity index (χ3v) is 4.66. The number of hydrogen-bond acceptors (Lipinski definition) is 4. The van der Waals surface area contributed by atoms with Crippen molar-refractivity contribution in [2.24, 2.45) is 0 Å². The molecule has 0 saturated carbocycles. The van der Waals surface area contributed by atoms with Crippen molar-refractivity contribution in [3.05, 3.63) is 22.7 Å². The summed E-state index contributed by atoms with van der Waals surface area (Å²) in [6, 6.07) is 3.68. The molecule has 5 nitrogen and oxygen atoms in total. The zero-order valence-electron chi connectivity index (χ0n) is 15.4. The maximum atomic E-state index is 13.0. The third kappa shape index (κ3) is 5.02. The summed E-state index contributed by atoms with van der Waals surface area (Å²) >= 11 is 6.41. The van der Waals surface area contributed by atoms with Gasteiger partial charge in [-0.2, -0.15) is 0 Å². The van der Waals surface area contributed by atoms with Gasteiger partial charge in [0.1, 0.15) is 0 Å². The molecular formula is C19H29ClN2O3. The summed E-state index contributed by atoms with van der Waals surface area (Å²) in [4.78, 5) is 14.9. The predicted octanol–water partition coefficient (Wildman–Crippen LogP) is 3.74. The second kappa shape index (κ2) is 9.88. The van der Waals surface area contributed by atoms with E-state index in [4.69, 9.17) is 21.1 Å². The first-order valence-electron chi connectivity index (χ1n) is 9.17.